The van der Waals surface area contributed by atoms with Gasteiger partial charge in [0.05, 0.1) is 16.3 Å². The van der Waals surface area contributed by atoms with E-state index >= 15 is 0 Å². The van der Waals surface area contributed by atoms with E-state index in [1.165, 1.54) is 22.5 Å². The molecule has 1 atom stereocenters. The van der Waals surface area contributed by atoms with Crippen molar-refractivity contribution in [3.05, 3.63) is 59.2 Å². The maximum atomic E-state index is 13.0. The number of nitrogens with two attached hydrogens (primary N) is 1. The van der Waals surface area contributed by atoms with E-state index in [9.17, 15) is 16.8 Å². The number of hydrogen-bond donors (Lipinski definition) is 1. The molecule has 2 aromatic rings. The summed E-state index contributed by atoms with van der Waals surface area (Å²) in [6, 6.07) is 11.4. The molecule has 3 rings (SSSR count). The Morgan fingerprint density at radius 3 is 2.48 bits per heavy atom. The fraction of sp³-hybridized carbons (Fsp3) is 0.294. The van der Waals surface area contributed by atoms with E-state index in [0.29, 0.717) is 17.7 Å². The summed E-state index contributed by atoms with van der Waals surface area (Å²) in [5.74, 6) is -0.102. The summed E-state index contributed by atoms with van der Waals surface area (Å²) in [6.07, 6.45) is 0.450. The number of anilines is 1. The standard InChI is InChI=1S/C17H20N2O4S2/c1-12-4-3-5-14(8-12)11-24(20,21)19-13(2)9-15-10-16(25(18,22)23)6-7-17(15)19/h3-8,10,13H,9,11H2,1-2H3,(H2,18,22,23). The Labute approximate surface area is 148 Å². The average Bonchev–Trinajstić information content (AvgIpc) is 2.81. The average molecular weight is 380 g/mol. The number of hydrogen-bond acceptors (Lipinski definition) is 4. The van der Waals surface area contributed by atoms with Crippen LogP contribution in [0.15, 0.2) is 47.4 Å². The Balaban J connectivity index is 1.99. The summed E-state index contributed by atoms with van der Waals surface area (Å²) in [4.78, 5) is -0.00335. The molecule has 0 saturated heterocycles. The summed E-state index contributed by atoms with van der Waals surface area (Å²) < 4.78 is 50.3. The molecule has 0 aromatic heterocycles. The van der Waals surface area contributed by atoms with E-state index in [1.54, 1.807) is 6.07 Å². The van der Waals surface area contributed by atoms with Gasteiger partial charge in [0.2, 0.25) is 20.0 Å². The lowest BCUT2D eigenvalue weighted by Gasteiger charge is -2.24. The van der Waals surface area contributed by atoms with Gasteiger partial charge in [-0.05, 0) is 49.6 Å². The molecule has 0 amide bonds. The van der Waals surface area contributed by atoms with Crippen molar-refractivity contribution in [2.75, 3.05) is 4.31 Å². The van der Waals surface area contributed by atoms with Crippen molar-refractivity contribution in [1.29, 1.82) is 0 Å². The zero-order valence-electron chi connectivity index (χ0n) is 14.0. The van der Waals surface area contributed by atoms with Crippen molar-refractivity contribution in [3.8, 4) is 0 Å². The molecule has 6 nitrogen and oxygen atoms in total. The smallest absolute Gasteiger partial charge is 0.239 e. The SMILES string of the molecule is Cc1cccc(CS(=O)(=O)N2c3ccc(S(N)(=O)=O)cc3CC2C)c1. The highest BCUT2D eigenvalue weighted by Crippen LogP contribution is 2.36. The lowest BCUT2D eigenvalue weighted by Crippen LogP contribution is -2.36. The maximum Gasteiger partial charge on any atom is 0.239 e. The highest BCUT2D eigenvalue weighted by atomic mass is 32.2. The summed E-state index contributed by atoms with van der Waals surface area (Å²) in [5.41, 5.74) is 2.92. The fourth-order valence-electron chi connectivity index (χ4n) is 3.26. The van der Waals surface area contributed by atoms with E-state index in [4.69, 9.17) is 5.14 Å². The van der Waals surface area contributed by atoms with Crippen LogP contribution < -0.4 is 9.44 Å². The third kappa shape index (κ3) is 3.56. The molecular weight excluding hydrogens is 360 g/mol. The number of aryl methyl sites for hydroxylation is 1. The Hall–Kier alpha value is -1.90. The van der Waals surface area contributed by atoms with E-state index in [1.807, 2.05) is 32.0 Å². The van der Waals surface area contributed by atoms with Gasteiger partial charge in [0, 0.05) is 6.04 Å². The van der Waals surface area contributed by atoms with E-state index < -0.39 is 20.0 Å². The van der Waals surface area contributed by atoms with Gasteiger partial charge in [-0.3, -0.25) is 4.31 Å². The van der Waals surface area contributed by atoms with Crippen LogP contribution in [-0.2, 0) is 32.2 Å². The minimum Gasteiger partial charge on any atom is -0.267 e. The van der Waals surface area contributed by atoms with Crippen molar-refractivity contribution in [2.24, 2.45) is 5.14 Å². The number of benzene rings is 2. The summed E-state index contributed by atoms with van der Waals surface area (Å²) in [7, 11) is -7.40. The third-order valence-electron chi connectivity index (χ3n) is 4.26. The predicted molar refractivity (Wildman–Crippen MR) is 97.3 cm³/mol. The topological polar surface area (TPSA) is 97.5 Å². The first-order chi connectivity index (χ1) is 11.6. The first kappa shape index (κ1) is 17.9. The van der Waals surface area contributed by atoms with Crippen LogP contribution in [0.1, 0.15) is 23.6 Å². The Morgan fingerprint density at radius 1 is 1.12 bits per heavy atom. The largest absolute Gasteiger partial charge is 0.267 e. The molecule has 134 valence electrons. The summed E-state index contributed by atoms with van der Waals surface area (Å²) >= 11 is 0. The zero-order valence-corrected chi connectivity index (χ0v) is 15.6. The molecule has 0 fully saturated rings. The van der Waals surface area contributed by atoms with Gasteiger partial charge in [0.1, 0.15) is 0 Å². The number of fused-ring (bicyclic) bond motifs is 1. The van der Waals surface area contributed by atoms with Gasteiger partial charge < -0.3 is 0 Å². The Kier molecular flexibility index (Phi) is 4.38. The minimum absolute atomic E-state index is 0.00335. The van der Waals surface area contributed by atoms with Crippen molar-refractivity contribution in [2.45, 2.75) is 37.0 Å². The van der Waals surface area contributed by atoms with Crippen molar-refractivity contribution < 1.29 is 16.8 Å². The first-order valence-electron chi connectivity index (χ1n) is 7.81. The second kappa shape index (κ2) is 6.12. The molecular formula is C17H20N2O4S2. The number of sulfonamides is 2. The van der Waals surface area contributed by atoms with Crippen molar-refractivity contribution in [3.63, 3.8) is 0 Å². The summed E-state index contributed by atoms with van der Waals surface area (Å²) in [6.45, 7) is 3.73. The summed E-state index contributed by atoms with van der Waals surface area (Å²) in [5, 5.41) is 5.16. The highest BCUT2D eigenvalue weighted by Gasteiger charge is 2.35. The molecule has 25 heavy (non-hydrogen) atoms. The monoisotopic (exact) mass is 380 g/mol. The Bertz CT molecular complexity index is 1030. The van der Waals surface area contributed by atoms with E-state index in [-0.39, 0.29) is 16.7 Å². The number of nitrogens with zero attached hydrogens (tertiary/aromatic N) is 1. The number of primary sulfonamides is 1. The molecule has 1 unspecified atom stereocenters. The molecule has 0 saturated carbocycles. The van der Waals surface area contributed by atoms with Crippen LogP contribution in [0.25, 0.3) is 0 Å². The van der Waals surface area contributed by atoms with E-state index in [0.717, 1.165) is 11.1 Å². The van der Waals surface area contributed by atoms with Crippen molar-refractivity contribution >= 4 is 25.7 Å². The highest BCUT2D eigenvalue weighted by molar-refractivity contribution is 7.92. The quantitative estimate of drug-likeness (QED) is 0.876. The second-order valence-corrected chi connectivity index (χ2v) is 9.84. The third-order valence-corrected chi connectivity index (χ3v) is 7.03. The minimum atomic E-state index is -3.82. The molecule has 0 aliphatic carbocycles. The second-order valence-electron chi connectivity index (χ2n) is 6.43. The van der Waals surface area contributed by atoms with Crippen LogP contribution in [-0.4, -0.2) is 22.9 Å². The molecule has 2 N–H and O–H groups in total. The van der Waals surface area contributed by atoms with Gasteiger partial charge >= 0.3 is 0 Å². The van der Waals surface area contributed by atoms with Crippen LogP contribution in [0, 0.1) is 6.92 Å². The molecule has 8 heteroatoms. The van der Waals surface area contributed by atoms with Crippen LogP contribution in [0.4, 0.5) is 5.69 Å². The lowest BCUT2D eigenvalue weighted by molar-refractivity contribution is 0.583. The van der Waals surface area contributed by atoms with Gasteiger partial charge in [0.25, 0.3) is 0 Å². The Morgan fingerprint density at radius 2 is 1.84 bits per heavy atom. The number of rotatable bonds is 4. The molecule has 0 bridgehead atoms. The molecule has 0 radical (unpaired) electrons. The van der Waals surface area contributed by atoms with Gasteiger partial charge in [-0.1, -0.05) is 29.8 Å². The molecule has 2 aromatic carbocycles. The first-order valence-corrected chi connectivity index (χ1v) is 11.0. The van der Waals surface area contributed by atoms with E-state index in [2.05, 4.69) is 0 Å². The fourth-order valence-corrected chi connectivity index (χ4v) is 5.67. The molecule has 0 spiro atoms. The van der Waals surface area contributed by atoms with Crippen LogP contribution in [0.3, 0.4) is 0 Å². The molecule has 1 aliphatic rings. The van der Waals surface area contributed by atoms with Crippen molar-refractivity contribution in [1.82, 2.24) is 0 Å². The van der Waals surface area contributed by atoms with Gasteiger partial charge in [-0.25, -0.2) is 22.0 Å². The van der Waals surface area contributed by atoms with Crippen LogP contribution in [0.5, 0.6) is 0 Å². The zero-order chi connectivity index (χ0) is 18.4. The van der Waals surface area contributed by atoms with Crippen LogP contribution in [0.2, 0.25) is 0 Å². The van der Waals surface area contributed by atoms with Gasteiger partial charge in [0.15, 0.2) is 0 Å². The maximum absolute atomic E-state index is 13.0. The molecule has 1 heterocycles. The molecule has 1 aliphatic heterocycles. The van der Waals surface area contributed by atoms with Gasteiger partial charge in [-0.2, -0.15) is 0 Å². The normalized spacial score (nSPS) is 17.6. The lowest BCUT2D eigenvalue weighted by atomic mass is 10.1. The predicted octanol–water partition coefficient (Wildman–Crippen LogP) is 1.92. The van der Waals surface area contributed by atoms with Crippen LogP contribution >= 0.6 is 0 Å². The van der Waals surface area contributed by atoms with Gasteiger partial charge in [-0.15, -0.1) is 0 Å².